The minimum absolute atomic E-state index is 0.416. The third-order valence-electron chi connectivity index (χ3n) is 5.27. The molecule has 3 aromatic heterocycles. The van der Waals surface area contributed by atoms with Crippen LogP contribution in [0.3, 0.4) is 0 Å². The van der Waals surface area contributed by atoms with Crippen molar-refractivity contribution in [3.8, 4) is 22.0 Å². The van der Waals surface area contributed by atoms with E-state index in [9.17, 15) is 13.2 Å². The lowest BCUT2D eigenvalue weighted by atomic mass is 10.1. The Hall–Kier alpha value is -2.97. The van der Waals surface area contributed by atoms with Crippen molar-refractivity contribution < 1.29 is 17.6 Å². The van der Waals surface area contributed by atoms with Crippen LogP contribution in [0.5, 0.6) is 0 Å². The van der Waals surface area contributed by atoms with Crippen LogP contribution in [0, 0.1) is 0 Å². The molecule has 1 aliphatic rings. The monoisotopic (exact) mass is 441 g/mol. The lowest BCUT2D eigenvalue weighted by molar-refractivity contribution is -0.137. The van der Waals surface area contributed by atoms with Crippen LogP contribution in [-0.4, -0.2) is 21.4 Å². The van der Waals surface area contributed by atoms with Gasteiger partial charge in [-0.15, -0.1) is 11.3 Å². The van der Waals surface area contributed by atoms with E-state index in [2.05, 4.69) is 9.88 Å². The Morgan fingerprint density at radius 1 is 1.10 bits per heavy atom. The van der Waals surface area contributed by atoms with Gasteiger partial charge in [0.25, 0.3) is 0 Å². The standard InChI is InChI=1S/C23H18F3N3OS/c24-23(25,26)17-4-1-3-15(11-17)20-7-6-18(30-20)14-29-9-8-19-16(13-29)12-27-22(28-19)21-5-2-10-31-21/h1-7,10-12H,8-9,13-14H2. The van der Waals surface area contributed by atoms with E-state index >= 15 is 0 Å². The second-order valence-corrected chi connectivity index (χ2v) is 8.40. The molecule has 8 heteroatoms. The number of halogens is 3. The molecule has 1 aromatic carbocycles. The van der Waals surface area contributed by atoms with E-state index in [1.165, 1.54) is 6.07 Å². The van der Waals surface area contributed by atoms with Gasteiger partial charge in [-0.3, -0.25) is 4.90 Å². The number of hydrogen-bond acceptors (Lipinski definition) is 5. The Labute approximate surface area is 181 Å². The minimum Gasteiger partial charge on any atom is -0.460 e. The van der Waals surface area contributed by atoms with Gasteiger partial charge >= 0.3 is 6.18 Å². The Kier molecular flexibility index (Phi) is 5.11. The minimum atomic E-state index is -4.38. The molecule has 4 nitrogen and oxygen atoms in total. The molecule has 1 aliphatic heterocycles. The fourth-order valence-electron chi connectivity index (χ4n) is 3.72. The van der Waals surface area contributed by atoms with Gasteiger partial charge in [-0.05, 0) is 35.7 Å². The second kappa shape index (κ2) is 7.94. The van der Waals surface area contributed by atoms with Crippen LogP contribution in [0.2, 0.25) is 0 Å². The molecule has 0 amide bonds. The fraction of sp³-hybridized carbons (Fsp3) is 0.217. The van der Waals surface area contributed by atoms with Crippen LogP contribution < -0.4 is 0 Å². The van der Waals surface area contributed by atoms with Crippen LogP contribution in [-0.2, 0) is 25.7 Å². The van der Waals surface area contributed by atoms with Gasteiger partial charge in [-0.1, -0.05) is 18.2 Å². The molecule has 31 heavy (non-hydrogen) atoms. The zero-order chi connectivity index (χ0) is 21.4. The number of nitrogens with zero attached hydrogens (tertiary/aromatic N) is 3. The van der Waals surface area contributed by atoms with E-state index in [-0.39, 0.29) is 0 Å². The SMILES string of the molecule is FC(F)(F)c1cccc(-c2ccc(CN3CCc4nc(-c5cccs5)ncc4C3)o2)c1. The number of thiophene rings is 1. The molecule has 5 rings (SSSR count). The number of alkyl halides is 3. The topological polar surface area (TPSA) is 42.2 Å². The Morgan fingerprint density at radius 3 is 2.81 bits per heavy atom. The molecule has 0 bridgehead atoms. The highest BCUT2D eigenvalue weighted by Gasteiger charge is 2.30. The number of hydrogen-bond donors (Lipinski definition) is 0. The van der Waals surface area contributed by atoms with Crippen LogP contribution in [0.1, 0.15) is 22.6 Å². The number of aromatic nitrogens is 2. The lowest BCUT2D eigenvalue weighted by Crippen LogP contribution is -2.30. The predicted octanol–water partition coefficient (Wildman–Crippen LogP) is 6.04. The van der Waals surface area contributed by atoms with Crippen molar-refractivity contribution in [1.29, 1.82) is 0 Å². The highest BCUT2D eigenvalue weighted by molar-refractivity contribution is 7.13. The predicted molar refractivity (Wildman–Crippen MR) is 112 cm³/mol. The number of fused-ring (bicyclic) bond motifs is 1. The van der Waals surface area contributed by atoms with Gasteiger partial charge in [0.05, 0.1) is 22.7 Å². The quantitative estimate of drug-likeness (QED) is 0.387. The Morgan fingerprint density at radius 2 is 2.00 bits per heavy atom. The molecule has 0 radical (unpaired) electrons. The summed E-state index contributed by atoms with van der Waals surface area (Å²) in [6.07, 6.45) is -1.67. The number of rotatable bonds is 4. The number of furan rings is 1. The zero-order valence-electron chi connectivity index (χ0n) is 16.4. The van der Waals surface area contributed by atoms with Crippen LogP contribution in [0.4, 0.5) is 13.2 Å². The van der Waals surface area contributed by atoms with Crippen molar-refractivity contribution in [2.45, 2.75) is 25.7 Å². The Balaban J connectivity index is 1.29. The molecular formula is C23H18F3N3OS. The second-order valence-electron chi connectivity index (χ2n) is 7.45. The highest BCUT2D eigenvalue weighted by Crippen LogP contribution is 2.33. The summed E-state index contributed by atoms with van der Waals surface area (Å²) in [5, 5.41) is 2.01. The van der Waals surface area contributed by atoms with E-state index in [0.717, 1.165) is 47.1 Å². The molecule has 4 aromatic rings. The smallest absolute Gasteiger partial charge is 0.416 e. The summed E-state index contributed by atoms with van der Waals surface area (Å²) >= 11 is 1.62. The third kappa shape index (κ3) is 4.26. The van der Waals surface area contributed by atoms with E-state index in [0.29, 0.717) is 30.2 Å². The summed E-state index contributed by atoms with van der Waals surface area (Å²) in [7, 11) is 0. The van der Waals surface area contributed by atoms with Gasteiger partial charge in [0, 0.05) is 36.8 Å². The average molecular weight is 441 g/mol. The van der Waals surface area contributed by atoms with Gasteiger partial charge < -0.3 is 4.42 Å². The summed E-state index contributed by atoms with van der Waals surface area (Å²) in [4.78, 5) is 12.5. The highest BCUT2D eigenvalue weighted by atomic mass is 32.1. The zero-order valence-corrected chi connectivity index (χ0v) is 17.2. The van der Waals surface area contributed by atoms with Crippen molar-refractivity contribution in [3.63, 3.8) is 0 Å². The summed E-state index contributed by atoms with van der Waals surface area (Å²) < 4.78 is 44.8. The molecule has 0 unspecified atom stereocenters. The first-order chi connectivity index (χ1) is 15.0. The van der Waals surface area contributed by atoms with E-state index < -0.39 is 11.7 Å². The van der Waals surface area contributed by atoms with Crippen molar-refractivity contribution in [2.24, 2.45) is 0 Å². The fourth-order valence-corrected chi connectivity index (χ4v) is 4.39. The Bertz CT molecular complexity index is 1200. The molecule has 0 N–H and O–H groups in total. The van der Waals surface area contributed by atoms with E-state index in [1.807, 2.05) is 29.8 Å². The average Bonchev–Trinajstić information content (AvgIpc) is 3.45. The van der Waals surface area contributed by atoms with Gasteiger partial charge in [-0.2, -0.15) is 13.2 Å². The molecule has 158 valence electrons. The van der Waals surface area contributed by atoms with E-state index in [4.69, 9.17) is 9.40 Å². The third-order valence-corrected chi connectivity index (χ3v) is 6.14. The molecular weight excluding hydrogens is 423 g/mol. The van der Waals surface area contributed by atoms with Crippen molar-refractivity contribution >= 4 is 11.3 Å². The summed E-state index contributed by atoms with van der Waals surface area (Å²) in [5.74, 6) is 1.91. The van der Waals surface area contributed by atoms with Gasteiger partial charge in [0.1, 0.15) is 11.5 Å². The van der Waals surface area contributed by atoms with Crippen molar-refractivity contribution in [2.75, 3.05) is 6.54 Å². The first-order valence-electron chi connectivity index (χ1n) is 9.83. The van der Waals surface area contributed by atoms with Crippen LogP contribution in [0.25, 0.3) is 22.0 Å². The van der Waals surface area contributed by atoms with Crippen LogP contribution in [0.15, 0.2) is 64.5 Å². The first kappa shape index (κ1) is 20.0. The molecule has 0 fully saturated rings. The molecule has 0 saturated carbocycles. The lowest BCUT2D eigenvalue weighted by Gasteiger charge is -2.27. The molecule has 0 spiro atoms. The maximum absolute atomic E-state index is 13.0. The van der Waals surface area contributed by atoms with Crippen molar-refractivity contribution in [1.82, 2.24) is 14.9 Å². The molecule has 4 heterocycles. The summed E-state index contributed by atoms with van der Waals surface area (Å²) in [6, 6.07) is 12.7. The maximum Gasteiger partial charge on any atom is 0.416 e. The number of benzene rings is 1. The normalized spacial score (nSPS) is 14.5. The molecule has 0 aliphatic carbocycles. The van der Waals surface area contributed by atoms with Gasteiger partial charge in [-0.25, -0.2) is 9.97 Å². The summed E-state index contributed by atoms with van der Waals surface area (Å²) in [5.41, 5.74) is 1.90. The van der Waals surface area contributed by atoms with Crippen molar-refractivity contribution in [3.05, 3.63) is 82.7 Å². The molecule has 0 atom stereocenters. The molecule has 0 saturated heterocycles. The largest absolute Gasteiger partial charge is 0.460 e. The van der Waals surface area contributed by atoms with Gasteiger partial charge in [0.2, 0.25) is 0 Å². The first-order valence-corrected chi connectivity index (χ1v) is 10.7. The summed E-state index contributed by atoms with van der Waals surface area (Å²) in [6.45, 7) is 2.11. The maximum atomic E-state index is 13.0. The van der Waals surface area contributed by atoms with Crippen LogP contribution >= 0.6 is 11.3 Å². The van der Waals surface area contributed by atoms with E-state index in [1.54, 1.807) is 23.5 Å². The van der Waals surface area contributed by atoms with Gasteiger partial charge in [0.15, 0.2) is 5.82 Å².